The van der Waals surface area contributed by atoms with Gasteiger partial charge in [0.1, 0.15) is 11.5 Å². The molecule has 2 aromatic rings. The number of ketones is 1. The van der Waals surface area contributed by atoms with E-state index in [0.717, 1.165) is 11.3 Å². The molecular formula is C20H25NO4. The van der Waals surface area contributed by atoms with E-state index in [0.29, 0.717) is 24.4 Å². The Hall–Kier alpha value is -2.37. The summed E-state index contributed by atoms with van der Waals surface area (Å²) < 4.78 is 10.4. The lowest BCUT2D eigenvalue weighted by molar-refractivity contribution is 0.0792. The molecule has 134 valence electrons. The van der Waals surface area contributed by atoms with Crippen LogP contribution in [0.5, 0.6) is 11.5 Å². The van der Waals surface area contributed by atoms with Gasteiger partial charge in [0.15, 0.2) is 5.78 Å². The van der Waals surface area contributed by atoms with Crippen LogP contribution in [0.1, 0.15) is 28.9 Å². The van der Waals surface area contributed by atoms with E-state index in [4.69, 9.17) is 9.47 Å². The Morgan fingerprint density at radius 1 is 1.00 bits per heavy atom. The number of Topliss-reactive ketones (excluding diaryl/α,β-unsaturated/α-hetero) is 1. The molecule has 1 atom stereocenters. The van der Waals surface area contributed by atoms with E-state index < -0.39 is 6.04 Å². The minimum absolute atomic E-state index is 0.00358. The maximum atomic E-state index is 13.2. The molecule has 0 amide bonds. The predicted molar refractivity (Wildman–Crippen MR) is 97.4 cm³/mol. The second-order valence-corrected chi connectivity index (χ2v) is 5.62. The molecule has 5 heteroatoms. The molecule has 0 heterocycles. The van der Waals surface area contributed by atoms with Crippen molar-refractivity contribution >= 4 is 5.78 Å². The molecule has 0 aliphatic rings. The van der Waals surface area contributed by atoms with Gasteiger partial charge in [-0.15, -0.1) is 0 Å². The summed E-state index contributed by atoms with van der Waals surface area (Å²) in [5.41, 5.74) is 1.48. The summed E-state index contributed by atoms with van der Waals surface area (Å²) in [5, 5.41) is 9.38. The molecule has 5 nitrogen and oxygen atoms in total. The first kappa shape index (κ1) is 19.0. The molecule has 0 aliphatic carbocycles. The van der Waals surface area contributed by atoms with Gasteiger partial charge in [0, 0.05) is 12.1 Å². The highest BCUT2D eigenvalue weighted by atomic mass is 16.5. The first-order valence-electron chi connectivity index (χ1n) is 8.31. The molecule has 0 aliphatic heterocycles. The Morgan fingerprint density at radius 3 is 1.96 bits per heavy atom. The third kappa shape index (κ3) is 4.59. The normalized spacial score (nSPS) is 12.0. The fourth-order valence-electron chi connectivity index (χ4n) is 2.83. The van der Waals surface area contributed by atoms with E-state index in [1.54, 1.807) is 38.5 Å². The summed E-state index contributed by atoms with van der Waals surface area (Å²) in [6, 6.07) is 14.1. The minimum atomic E-state index is -0.462. The molecule has 2 aromatic carbocycles. The molecule has 0 spiro atoms. The molecule has 1 N–H and O–H groups in total. The second kappa shape index (κ2) is 9.20. The standard InChI is InChI=1S/C20H25NO4/c1-4-21(13-14-22)19(15-5-9-17(24-2)10-6-15)20(23)16-7-11-18(25-3)12-8-16/h5-12,19,22H,4,13-14H2,1-3H3/t19-/m0/s1. The third-order valence-corrected chi connectivity index (χ3v) is 4.21. The topological polar surface area (TPSA) is 59.0 Å². The maximum Gasteiger partial charge on any atom is 0.184 e. The number of carbonyl (C=O) groups is 1. The van der Waals surface area contributed by atoms with Crippen LogP contribution in [-0.4, -0.2) is 49.7 Å². The number of ether oxygens (including phenoxy) is 2. The second-order valence-electron chi connectivity index (χ2n) is 5.62. The van der Waals surface area contributed by atoms with Crippen molar-refractivity contribution in [1.82, 2.24) is 4.90 Å². The monoisotopic (exact) mass is 343 g/mol. The number of aliphatic hydroxyl groups is 1. The maximum absolute atomic E-state index is 13.2. The number of methoxy groups -OCH3 is 2. The van der Waals surface area contributed by atoms with Crippen molar-refractivity contribution in [2.24, 2.45) is 0 Å². The largest absolute Gasteiger partial charge is 0.497 e. The average Bonchev–Trinajstić information content (AvgIpc) is 2.68. The average molecular weight is 343 g/mol. The molecule has 0 bridgehead atoms. The smallest absolute Gasteiger partial charge is 0.184 e. The molecule has 0 saturated heterocycles. The van der Waals surface area contributed by atoms with E-state index in [2.05, 4.69) is 0 Å². The molecule has 0 aromatic heterocycles. The van der Waals surface area contributed by atoms with Crippen LogP contribution in [0.15, 0.2) is 48.5 Å². The zero-order chi connectivity index (χ0) is 18.2. The van der Waals surface area contributed by atoms with Crippen molar-refractivity contribution in [3.63, 3.8) is 0 Å². The first-order chi connectivity index (χ1) is 12.1. The summed E-state index contributed by atoms with van der Waals surface area (Å²) >= 11 is 0. The van der Waals surface area contributed by atoms with Gasteiger partial charge in [0.2, 0.25) is 0 Å². The van der Waals surface area contributed by atoms with Gasteiger partial charge >= 0.3 is 0 Å². The van der Waals surface area contributed by atoms with E-state index in [1.807, 2.05) is 36.1 Å². The number of nitrogens with zero attached hydrogens (tertiary/aromatic N) is 1. The van der Waals surface area contributed by atoms with Gasteiger partial charge in [0.25, 0.3) is 0 Å². The summed E-state index contributed by atoms with van der Waals surface area (Å²) in [5.74, 6) is 1.44. The fourth-order valence-corrected chi connectivity index (χ4v) is 2.83. The summed E-state index contributed by atoms with van der Waals surface area (Å²) in [6.45, 7) is 3.05. The van der Waals surface area contributed by atoms with Crippen molar-refractivity contribution in [2.75, 3.05) is 33.9 Å². The number of hydrogen-bond donors (Lipinski definition) is 1. The summed E-state index contributed by atoms with van der Waals surface area (Å²) in [7, 11) is 3.20. The minimum Gasteiger partial charge on any atom is -0.497 e. The third-order valence-electron chi connectivity index (χ3n) is 4.21. The summed E-state index contributed by atoms with van der Waals surface area (Å²) in [6.07, 6.45) is 0. The van der Waals surface area contributed by atoms with Gasteiger partial charge in [0.05, 0.1) is 26.9 Å². The van der Waals surface area contributed by atoms with Crippen molar-refractivity contribution in [2.45, 2.75) is 13.0 Å². The lowest BCUT2D eigenvalue weighted by Gasteiger charge is -2.29. The Kier molecular flexibility index (Phi) is 6.98. The van der Waals surface area contributed by atoms with E-state index >= 15 is 0 Å². The van der Waals surface area contributed by atoms with Crippen molar-refractivity contribution in [1.29, 1.82) is 0 Å². The van der Waals surface area contributed by atoms with Crippen LogP contribution >= 0.6 is 0 Å². The zero-order valence-corrected chi connectivity index (χ0v) is 14.9. The van der Waals surface area contributed by atoms with Gasteiger partial charge in [-0.2, -0.15) is 0 Å². The molecule has 2 rings (SSSR count). The predicted octanol–water partition coefficient (Wildman–Crippen LogP) is 2.94. The number of likely N-dealkylation sites (N-methyl/N-ethyl adjacent to an activating group) is 1. The molecule has 0 saturated carbocycles. The van der Waals surface area contributed by atoms with Gasteiger partial charge in [-0.3, -0.25) is 9.69 Å². The van der Waals surface area contributed by atoms with E-state index in [-0.39, 0.29) is 12.4 Å². The van der Waals surface area contributed by atoms with Crippen LogP contribution in [-0.2, 0) is 0 Å². The quantitative estimate of drug-likeness (QED) is 0.710. The highest BCUT2D eigenvalue weighted by Gasteiger charge is 2.27. The van der Waals surface area contributed by atoms with E-state index in [9.17, 15) is 9.90 Å². The van der Waals surface area contributed by atoms with Gasteiger partial charge < -0.3 is 14.6 Å². The van der Waals surface area contributed by atoms with Crippen molar-refractivity contribution in [3.05, 3.63) is 59.7 Å². The zero-order valence-electron chi connectivity index (χ0n) is 14.9. The number of benzene rings is 2. The van der Waals surface area contributed by atoms with Crippen LogP contribution in [0, 0.1) is 0 Å². The number of carbonyl (C=O) groups excluding carboxylic acids is 1. The Bertz CT molecular complexity index is 667. The number of aliphatic hydroxyl groups excluding tert-OH is 1. The lowest BCUT2D eigenvalue weighted by Crippen LogP contribution is -2.36. The Labute approximate surface area is 148 Å². The van der Waals surface area contributed by atoms with Crippen LogP contribution in [0.3, 0.4) is 0 Å². The lowest BCUT2D eigenvalue weighted by atomic mass is 9.95. The Balaban J connectivity index is 2.39. The molecular weight excluding hydrogens is 318 g/mol. The van der Waals surface area contributed by atoms with E-state index in [1.165, 1.54) is 0 Å². The van der Waals surface area contributed by atoms with Gasteiger partial charge in [-0.25, -0.2) is 0 Å². The first-order valence-corrected chi connectivity index (χ1v) is 8.31. The van der Waals surface area contributed by atoms with Crippen LogP contribution < -0.4 is 9.47 Å². The van der Waals surface area contributed by atoms with Crippen LogP contribution in [0.25, 0.3) is 0 Å². The summed E-state index contributed by atoms with van der Waals surface area (Å²) in [4.78, 5) is 15.1. The fraction of sp³-hybridized carbons (Fsp3) is 0.350. The Morgan fingerprint density at radius 2 is 1.52 bits per heavy atom. The molecule has 0 radical (unpaired) electrons. The molecule has 25 heavy (non-hydrogen) atoms. The van der Waals surface area contributed by atoms with Crippen LogP contribution in [0.2, 0.25) is 0 Å². The van der Waals surface area contributed by atoms with Crippen LogP contribution in [0.4, 0.5) is 0 Å². The molecule has 0 unspecified atom stereocenters. The molecule has 0 fully saturated rings. The van der Waals surface area contributed by atoms with Gasteiger partial charge in [-0.05, 0) is 48.5 Å². The highest BCUT2D eigenvalue weighted by Crippen LogP contribution is 2.27. The van der Waals surface area contributed by atoms with Crippen molar-refractivity contribution < 1.29 is 19.4 Å². The highest BCUT2D eigenvalue weighted by molar-refractivity contribution is 6.00. The number of rotatable bonds is 9. The van der Waals surface area contributed by atoms with Crippen molar-refractivity contribution in [3.8, 4) is 11.5 Å². The van der Waals surface area contributed by atoms with Gasteiger partial charge in [-0.1, -0.05) is 19.1 Å². The number of hydrogen-bond acceptors (Lipinski definition) is 5. The SMILES string of the molecule is CCN(CCO)[C@H](C(=O)c1ccc(OC)cc1)c1ccc(OC)cc1.